The largest absolute Gasteiger partial charge is 0.507 e. The first kappa shape index (κ1) is 13.1. The van der Waals surface area contributed by atoms with Gasteiger partial charge in [0, 0.05) is 18.2 Å². The molecular weight excluding hydrogens is 324 g/mol. The summed E-state index contributed by atoms with van der Waals surface area (Å²) in [5.74, 6) is 1.42. The predicted octanol–water partition coefficient (Wildman–Crippen LogP) is 3.20. The van der Waals surface area contributed by atoms with Gasteiger partial charge in [0.1, 0.15) is 10.4 Å². The van der Waals surface area contributed by atoms with Gasteiger partial charge in [0.05, 0.1) is 11.4 Å². The standard InChI is InChI=1S/C14H13BrN2O3/c1-8-10(2-3-14(15)17-8)16-6-9-4-12-13(5-11(9)18)20-7-19-12/h2-5,16,18H,6-7H2,1H3. The van der Waals surface area contributed by atoms with E-state index in [1.54, 1.807) is 12.1 Å². The maximum atomic E-state index is 9.97. The van der Waals surface area contributed by atoms with Gasteiger partial charge in [-0.2, -0.15) is 0 Å². The van der Waals surface area contributed by atoms with E-state index in [0.29, 0.717) is 18.0 Å². The molecule has 0 unspecified atom stereocenters. The summed E-state index contributed by atoms with van der Waals surface area (Å²) in [7, 11) is 0. The van der Waals surface area contributed by atoms with Crippen LogP contribution in [0.2, 0.25) is 0 Å². The zero-order chi connectivity index (χ0) is 14.1. The van der Waals surface area contributed by atoms with Crippen LogP contribution in [0.1, 0.15) is 11.3 Å². The van der Waals surface area contributed by atoms with E-state index < -0.39 is 0 Å². The van der Waals surface area contributed by atoms with Crippen LogP contribution in [0.15, 0.2) is 28.9 Å². The number of anilines is 1. The van der Waals surface area contributed by atoms with E-state index in [9.17, 15) is 5.11 Å². The number of hydrogen-bond acceptors (Lipinski definition) is 5. The minimum Gasteiger partial charge on any atom is -0.507 e. The number of aromatic nitrogens is 1. The number of benzene rings is 1. The third kappa shape index (κ3) is 2.51. The number of fused-ring (bicyclic) bond motifs is 1. The Labute approximate surface area is 124 Å². The lowest BCUT2D eigenvalue weighted by Gasteiger charge is -2.11. The number of aryl methyl sites for hydroxylation is 1. The van der Waals surface area contributed by atoms with Gasteiger partial charge in [-0.3, -0.25) is 0 Å². The summed E-state index contributed by atoms with van der Waals surface area (Å²) in [6, 6.07) is 7.17. The molecule has 3 rings (SSSR count). The Morgan fingerprint density at radius 1 is 1.30 bits per heavy atom. The van der Waals surface area contributed by atoms with Gasteiger partial charge in [-0.15, -0.1) is 0 Å². The Hall–Kier alpha value is -1.95. The van der Waals surface area contributed by atoms with E-state index in [1.807, 2.05) is 19.1 Å². The van der Waals surface area contributed by atoms with Gasteiger partial charge < -0.3 is 19.9 Å². The van der Waals surface area contributed by atoms with Crippen LogP contribution in [0.4, 0.5) is 5.69 Å². The number of phenols is 1. The van der Waals surface area contributed by atoms with Gasteiger partial charge >= 0.3 is 0 Å². The average Bonchev–Trinajstić information content (AvgIpc) is 2.84. The third-order valence-corrected chi connectivity index (χ3v) is 3.54. The first-order valence-electron chi connectivity index (χ1n) is 6.12. The van der Waals surface area contributed by atoms with Crippen LogP contribution in [0.25, 0.3) is 0 Å². The highest BCUT2D eigenvalue weighted by atomic mass is 79.9. The zero-order valence-corrected chi connectivity index (χ0v) is 12.4. The topological polar surface area (TPSA) is 63.6 Å². The summed E-state index contributed by atoms with van der Waals surface area (Å²) in [4.78, 5) is 4.31. The van der Waals surface area contributed by atoms with Crippen molar-refractivity contribution in [3.05, 3.63) is 40.1 Å². The Morgan fingerprint density at radius 2 is 2.05 bits per heavy atom. The number of nitrogens with one attached hydrogen (secondary N) is 1. The van der Waals surface area contributed by atoms with Crippen molar-refractivity contribution in [3.63, 3.8) is 0 Å². The van der Waals surface area contributed by atoms with Gasteiger partial charge in [0.25, 0.3) is 0 Å². The van der Waals surface area contributed by atoms with Crippen molar-refractivity contribution in [1.29, 1.82) is 0 Å². The zero-order valence-electron chi connectivity index (χ0n) is 10.8. The minimum atomic E-state index is 0.185. The van der Waals surface area contributed by atoms with Crippen molar-refractivity contribution in [3.8, 4) is 17.2 Å². The lowest BCUT2D eigenvalue weighted by Crippen LogP contribution is -2.02. The monoisotopic (exact) mass is 336 g/mol. The molecule has 0 spiro atoms. The number of rotatable bonds is 3. The molecule has 2 heterocycles. The SMILES string of the molecule is Cc1nc(Br)ccc1NCc1cc2c(cc1O)OCO2. The van der Waals surface area contributed by atoms with Gasteiger partial charge in [0.15, 0.2) is 11.5 Å². The lowest BCUT2D eigenvalue weighted by atomic mass is 10.1. The molecule has 6 heteroatoms. The van der Waals surface area contributed by atoms with Gasteiger partial charge in [-0.05, 0) is 41.1 Å². The van der Waals surface area contributed by atoms with Crippen molar-refractivity contribution >= 4 is 21.6 Å². The summed E-state index contributed by atoms with van der Waals surface area (Å²) in [5.41, 5.74) is 2.56. The second-order valence-electron chi connectivity index (χ2n) is 4.45. The van der Waals surface area contributed by atoms with Gasteiger partial charge in [-0.1, -0.05) is 0 Å². The molecule has 1 aliphatic heterocycles. The van der Waals surface area contributed by atoms with Crippen LogP contribution < -0.4 is 14.8 Å². The number of phenolic OH excluding ortho intramolecular Hbond substituents is 1. The second kappa shape index (κ2) is 5.20. The molecule has 2 N–H and O–H groups in total. The molecule has 2 aromatic rings. The summed E-state index contributed by atoms with van der Waals surface area (Å²) in [5, 5.41) is 13.2. The molecule has 1 aromatic heterocycles. The summed E-state index contributed by atoms with van der Waals surface area (Å²) >= 11 is 3.33. The lowest BCUT2D eigenvalue weighted by molar-refractivity contribution is 0.174. The molecule has 0 atom stereocenters. The Balaban J connectivity index is 1.78. The average molecular weight is 337 g/mol. The number of hydrogen-bond donors (Lipinski definition) is 2. The molecule has 0 amide bonds. The molecule has 0 saturated carbocycles. The first-order valence-corrected chi connectivity index (χ1v) is 6.91. The van der Waals surface area contributed by atoms with Gasteiger partial charge in [-0.25, -0.2) is 4.98 Å². The van der Waals surface area contributed by atoms with Crippen LogP contribution in [0, 0.1) is 6.92 Å². The second-order valence-corrected chi connectivity index (χ2v) is 5.27. The van der Waals surface area contributed by atoms with Crippen LogP contribution in [-0.2, 0) is 6.54 Å². The van der Waals surface area contributed by atoms with E-state index in [-0.39, 0.29) is 12.5 Å². The molecular formula is C14H13BrN2O3. The maximum Gasteiger partial charge on any atom is 0.231 e. The fraction of sp³-hybridized carbons (Fsp3) is 0.214. The highest BCUT2D eigenvalue weighted by Gasteiger charge is 2.16. The van der Waals surface area contributed by atoms with Crippen molar-refractivity contribution in [1.82, 2.24) is 4.98 Å². The minimum absolute atomic E-state index is 0.185. The smallest absolute Gasteiger partial charge is 0.231 e. The van der Waals surface area contributed by atoms with Crippen LogP contribution >= 0.6 is 15.9 Å². The molecule has 1 aliphatic rings. The van der Waals surface area contributed by atoms with E-state index in [4.69, 9.17) is 9.47 Å². The first-order chi connectivity index (χ1) is 9.63. The van der Waals surface area contributed by atoms with Crippen LogP contribution in [0.5, 0.6) is 17.2 Å². The fourth-order valence-corrected chi connectivity index (χ4v) is 2.42. The summed E-state index contributed by atoms with van der Waals surface area (Å²) in [6.07, 6.45) is 0. The summed E-state index contributed by atoms with van der Waals surface area (Å²) in [6.45, 7) is 2.60. The van der Waals surface area contributed by atoms with E-state index in [1.165, 1.54) is 0 Å². The van der Waals surface area contributed by atoms with Crippen molar-refractivity contribution < 1.29 is 14.6 Å². The van der Waals surface area contributed by atoms with Gasteiger partial charge in [0.2, 0.25) is 6.79 Å². The number of halogens is 1. The number of aromatic hydroxyl groups is 1. The molecule has 1 aromatic carbocycles. The number of nitrogens with zero attached hydrogens (tertiary/aromatic N) is 1. The van der Waals surface area contributed by atoms with E-state index >= 15 is 0 Å². The van der Waals surface area contributed by atoms with E-state index in [2.05, 4.69) is 26.2 Å². The summed E-state index contributed by atoms with van der Waals surface area (Å²) < 4.78 is 11.3. The van der Waals surface area contributed by atoms with Crippen molar-refractivity contribution in [2.75, 3.05) is 12.1 Å². The molecule has 104 valence electrons. The molecule has 20 heavy (non-hydrogen) atoms. The van der Waals surface area contributed by atoms with Crippen LogP contribution in [-0.4, -0.2) is 16.9 Å². The number of ether oxygens (including phenoxy) is 2. The Kier molecular flexibility index (Phi) is 3.40. The molecule has 0 bridgehead atoms. The molecule has 5 nitrogen and oxygen atoms in total. The fourth-order valence-electron chi connectivity index (χ4n) is 2.02. The molecule has 0 aliphatic carbocycles. The van der Waals surface area contributed by atoms with Crippen LogP contribution in [0.3, 0.4) is 0 Å². The third-order valence-electron chi connectivity index (χ3n) is 3.09. The molecule has 0 saturated heterocycles. The highest BCUT2D eigenvalue weighted by Crippen LogP contribution is 2.37. The molecule has 0 radical (unpaired) electrons. The van der Waals surface area contributed by atoms with E-state index in [0.717, 1.165) is 21.5 Å². The maximum absolute atomic E-state index is 9.97. The Morgan fingerprint density at radius 3 is 2.80 bits per heavy atom. The quantitative estimate of drug-likeness (QED) is 0.842. The normalized spacial score (nSPS) is 12.5. The Bertz CT molecular complexity index is 661. The highest BCUT2D eigenvalue weighted by molar-refractivity contribution is 9.10. The molecule has 0 fully saturated rings. The number of pyridine rings is 1. The van der Waals surface area contributed by atoms with Crippen molar-refractivity contribution in [2.45, 2.75) is 13.5 Å². The van der Waals surface area contributed by atoms with Crippen molar-refractivity contribution in [2.24, 2.45) is 0 Å². The predicted molar refractivity (Wildman–Crippen MR) is 78.2 cm³/mol.